The van der Waals surface area contributed by atoms with Gasteiger partial charge in [-0.1, -0.05) is 95.3 Å². The number of hydrogen-bond donors (Lipinski definition) is 2. The third-order valence-electron chi connectivity index (χ3n) is 9.57. The quantitative estimate of drug-likeness (QED) is 0.125. The van der Waals surface area contributed by atoms with E-state index in [0.717, 1.165) is 33.1 Å². The molecule has 5 rings (SSSR count). The van der Waals surface area contributed by atoms with Crippen LogP contribution in [-0.2, 0) is 34.2 Å². The Kier molecular flexibility index (Phi) is 13.9. The molecule has 1 aliphatic rings. The maximum Gasteiger partial charge on any atom is 0.321 e. The van der Waals surface area contributed by atoms with Crippen molar-refractivity contribution in [1.29, 1.82) is 0 Å². The van der Waals surface area contributed by atoms with Crippen molar-refractivity contribution in [3.05, 3.63) is 101 Å². The number of nitrogens with one attached hydrogen (secondary N) is 1. The van der Waals surface area contributed by atoms with Crippen molar-refractivity contribution in [2.24, 2.45) is 11.8 Å². The summed E-state index contributed by atoms with van der Waals surface area (Å²) >= 11 is 1.64. The number of aromatic nitrogens is 1. The maximum atomic E-state index is 14.3. The van der Waals surface area contributed by atoms with Crippen molar-refractivity contribution < 1.29 is 27.9 Å². The zero-order chi connectivity index (χ0) is 39.0. The van der Waals surface area contributed by atoms with Crippen LogP contribution in [-0.4, -0.2) is 96.0 Å². The standard InChI is InChI=1S/C41H53N5O6S2/c1-7-37-35(43-40(53-37)31-16-12-9-13-17-31)26-44-22-23-46(41(44)49)38(29(4)5)39(48)42-34(24-30-14-10-8-11-15-30)36(47)27-45(25-28(2)3)54(50,51)33-20-18-32(52-6)19-21-33/h8-21,28-29,34,36,38,47H,7,22-27H2,1-6H3,(H,42,48)/t34-,36+,38?/m0/s1. The van der Waals surface area contributed by atoms with Crippen LogP contribution in [0.4, 0.5) is 4.79 Å². The predicted molar refractivity (Wildman–Crippen MR) is 213 cm³/mol. The van der Waals surface area contributed by atoms with Gasteiger partial charge in [0.1, 0.15) is 16.8 Å². The van der Waals surface area contributed by atoms with E-state index in [4.69, 9.17) is 9.72 Å². The Balaban J connectivity index is 1.35. The number of amides is 3. The molecule has 1 saturated heterocycles. The second-order valence-corrected chi connectivity index (χ2v) is 17.5. The Morgan fingerprint density at radius 1 is 0.963 bits per heavy atom. The van der Waals surface area contributed by atoms with Gasteiger partial charge in [0.05, 0.1) is 36.4 Å². The van der Waals surface area contributed by atoms with E-state index in [2.05, 4.69) is 12.2 Å². The molecule has 0 aliphatic carbocycles. The Morgan fingerprint density at radius 2 is 1.61 bits per heavy atom. The average Bonchev–Trinajstić information content (AvgIpc) is 3.74. The molecular formula is C41H53N5O6S2. The molecule has 290 valence electrons. The molecular weight excluding hydrogens is 723 g/mol. The summed E-state index contributed by atoms with van der Waals surface area (Å²) in [4.78, 5) is 37.8. The fourth-order valence-electron chi connectivity index (χ4n) is 6.81. The first-order valence-corrected chi connectivity index (χ1v) is 20.8. The summed E-state index contributed by atoms with van der Waals surface area (Å²) in [5.74, 6) is -0.154. The van der Waals surface area contributed by atoms with Gasteiger partial charge in [-0.25, -0.2) is 18.2 Å². The van der Waals surface area contributed by atoms with Crippen LogP contribution in [0.25, 0.3) is 10.6 Å². The minimum absolute atomic E-state index is 0.0375. The minimum Gasteiger partial charge on any atom is -0.497 e. The predicted octanol–water partition coefficient (Wildman–Crippen LogP) is 6.08. The lowest BCUT2D eigenvalue weighted by molar-refractivity contribution is -0.128. The van der Waals surface area contributed by atoms with Gasteiger partial charge in [0.2, 0.25) is 15.9 Å². The molecule has 3 aromatic carbocycles. The third-order valence-corrected chi connectivity index (χ3v) is 12.7. The molecule has 54 heavy (non-hydrogen) atoms. The van der Waals surface area contributed by atoms with E-state index in [1.165, 1.54) is 23.5 Å². The summed E-state index contributed by atoms with van der Waals surface area (Å²) in [5.41, 5.74) is 2.76. The van der Waals surface area contributed by atoms with Crippen LogP contribution < -0.4 is 10.1 Å². The molecule has 1 unspecified atom stereocenters. The van der Waals surface area contributed by atoms with Gasteiger partial charge in [0.15, 0.2) is 0 Å². The number of benzene rings is 3. The average molecular weight is 776 g/mol. The molecule has 0 saturated carbocycles. The number of rotatable bonds is 18. The zero-order valence-corrected chi connectivity index (χ0v) is 33.6. The molecule has 0 bridgehead atoms. The van der Waals surface area contributed by atoms with E-state index in [-0.39, 0.29) is 42.3 Å². The van der Waals surface area contributed by atoms with Crippen molar-refractivity contribution >= 4 is 33.3 Å². The molecule has 11 nitrogen and oxygen atoms in total. The number of aliphatic hydroxyl groups is 1. The molecule has 13 heteroatoms. The number of urea groups is 1. The summed E-state index contributed by atoms with van der Waals surface area (Å²) in [7, 11) is -2.50. The number of carbonyl (C=O) groups is 2. The van der Waals surface area contributed by atoms with Crippen LogP contribution in [0.5, 0.6) is 5.75 Å². The summed E-state index contributed by atoms with van der Waals surface area (Å²) in [6.45, 7) is 10.8. The number of nitrogens with zero attached hydrogens (tertiary/aromatic N) is 4. The highest BCUT2D eigenvalue weighted by Crippen LogP contribution is 2.30. The molecule has 1 aromatic heterocycles. The largest absolute Gasteiger partial charge is 0.497 e. The normalized spacial score (nSPS) is 15.3. The smallest absolute Gasteiger partial charge is 0.321 e. The summed E-state index contributed by atoms with van der Waals surface area (Å²) in [6.07, 6.45) is -0.219. The summed E-state index contributed by atoms with van der Waals surface area (Å²) < 4.78 is 34.3. The monoisotopic (exact) mass is 775 g/mol. The number of hydrogen-bond acceptors (Lipinski definition) is 8. The Labute approximate surface area is 324 Å². The van der Waals surface area contributed by atoms with Gasteiger partial charge in [0, 0.05) is 36.6 Å². The topological polar surface area (TPSA) is 132 Å². The summed E-state index contributed by atoms with van der Waals surface area (Å²) in [5, 5.41) is 15.8. The van der Waals surface area contributed by atoms with E-state index >= 15 is 0 Å². The van der Waals surface area contributed by atoms with E-state index in [9.17, 15) is 23.1 Å². The molecule has 0 spiro atoms. The molecule has 1 fully saturated rings. The Morgan fingerprint density at radius 3 is 2.20 bits per heavy atom. The van der Waals surface area contributed by atoms with Crippen molar-refractivity contribution in [2.75, 3.05) is 33.3 Å². The van der Waals surface area contributed by atoms with Crippen LogP contribution in [0.2, 0.25) is 0 Å². The number of thiazole rings is 1. The van der Waals surface area contributed by atoms with Gasteiger partial charge in [-0.15, -0.1) is 11.3 Å². The van der Waals surface area contributed by atoms with Crippen LogP contribution >= 0.6 is 11.3 Å². The highest BCUT2D eigenvalue weighted by Gasteiger charge is 2.41. The van der Waals surface area contributed by atoms with Crippen LogP contribution in [0.1, 0.15) is 50.8 Å². The van der Waals surface area contributed by atoms with Crippen molar-refractivity contribution in [3.8, 4) is 16.3 Å². The van der Waals surface area contributed by atoms with E-state index < -0.39 is 34.1 Å². The Hall–Kier alpha value is -4.30. The molecule has 2 N–H and O–H groups in total. The van der Waals surface area contributed by atoms with Crippen molar-refractivity contribution in [3.63, 3.8) is 0 Å². The highest BCUT2D eigenvalue weighted by molar-refractivity contribution is 7.89. The van der Waals surface area contributed by atoms with E-state index in [1.54, 1.807) is 33.3 Å². The number of aryl methyl sites for hydroxylation is 1. The van der Waals surface area contributed by atoms with Gasteiger partial charge >= 0.3 is 6.03 Å². The SMILES string of the molecule is CCc1sc(-c2ccccc2)nc1CN1CCN(C(C(=O)N[C@@H](Cc2ccccc2)[C@H](O)CN(CC(C)C)S(=O)(=O)c2ccc(OC)cc2)C(C)C)C1=O. The van der Waals surface area contributed by atoms with Crippen LogP contribution in [0, 0.1) is 11.8 Å². The molecule has 4 aromatic rings. The summed E-state index contributed by atoms with van der Waals surface area (Å²) in [6, 6.07) is 23.7. The number of ether oxygens (including phenoxy) is 1. The first-order chi connectivity index (χ1) is 25.8. The number of methoxy groups -OCH3 is 1. The maximum absolute atomic E-state index is 14.3. The van der Waals surface area contributed by atoms with Gasteiger partial charge in [-0.2, -0.15) is 4.31 Å². The van der Waals surface area contributed by atoms with Crippen LogP contribution in [0.15, 0.2) is 89.8 Å². The first-order valence-electron chi connectivity index (χ1n) is 18.6. The lowest BCUT2D eigenvalue weighted by Crippen LogP contribution is -2.57. The zero-order valence-electron chi connectivity index (χ0n) is 32.0. The Bertz CT molecular complexity index is 1940. The lowest BCUT2D eigenvalue weighted by Gasteiger charge is -2.34. The minimum atomic E-state index is -4.01. The molecule has 1 aliphatic heterocycles. The van der Waals surface area contributed by atoms with Gasteiger partial charge in [0.25, 0.3) is 0 Å². The first kappa shape index (κ1) is 40.9. The van der Waals surface area contributed by atoms with E-state index in [0.29, 0.717) is 25.4 Å². The van der Waals surface area contributed by atoms with Gasteiger partial charge in [-0.05, 0) is 54.5 Å². The number of aliphatic hydroxyl groups excluding tert-OH is 1. The third kappa shape index (κ3) is 9.86. The van der Waals surface area contributed by atoms with Crippen LogP contribution in [0.3, 0.4) is 0 Å². The van der Waals surface area contributed by atoms with E-state index in [1.807, 2.05) is 88.4 Å². The van der Waals surface area contributed by atoms with Gasteiger partial charge in [-0.3, -0.25) is 4.79 Å². The second kappa shape index (κ2) is 18.4. The molecule has 2 heterocycles. The molecule has 0 radical (unpaired) electrons. The molecule has 3 atom stereocenters. The number of carbonyl (C=O) groups excluding carboxylic acids is 2. The lowest BCUT2D eigenvalue weighted by atomic mass is 9.97. The molecule has 3 amide bonds. The van der Waals surface area contributed by atoms with Crippen molar-refractivity contribution in [2.45, 2.75) is 77.1 Å². The fraction of sp³-hybridized carbons (Fsp3) is 0.439. The number of sulfonamides is 1. The highest BCUT2D eigenvalue weighted by atomic mass is 32.2. The fourth-order valence-corrected chi connectivity index (χ4v) is 9.45. The van der Waals surface area contributed by atoms with Crippen molar-refractivity contribution in [1.82, 2.24) is 24.4 Å². The second-order valence-electron chi connectivity index (χ2n) is 14.5. The van der Waals surface area contributed by atoms with Gasteiger partial charge < -0.3 is 25.0 Å².